The summed E-state index contributed by atoms with van der Waals surface area (Å²) in [6.07, 6.45) is 6.44. The van der Waals surface area contributed by atoms with Crippen molar-refractivity contribution in [2.24, 2.45) is 0 Å². The van der Waals surface area contributed by atoms with Gasteiger partial charge in [0.05, 0.1) is 29.3 Å². The van der Waals surface area contributed by atoms with Gasteiger partial charge in [0, 0.05) is 0 Å². The fraction of sp³-hybridized carbons (Fsp3) is 0.0800. The monoisotopic (exact) mass is 396 g/mol. The van der Waals surface area contributed by atoms with Crippen molar-refractivity contribution in [3.8, 4) is 0 Å². The van der Waals surface area contributed by atoms with E-state index in [9.17, 15) is 9.59 Å². The summed E-state index contributed by atoms with van der Waals surface area (Å²) in [4.78, 5) is 28.3. The molecule has 0 amide bonds. The number of benzene rings is 3. The van der Waals surface area contributed by atoms with Crippen molar-refractivity contribution < 1.29 is 9.90 Å². The Morgan fingerprint density at radius 2 is 1.73 bits per heavy atom. The summed E-state index contributed by atoms with van der Waals surface area (Å²) in [5.74, 6) is -0.973. The van der Waals surface area contributed by atoms with Gasteiger partial charge < -0.3 is 5.11 Å². The Labute approximate surface area is 173 Å². The SMILES string of the molecule is O=C(O)c1ccc(Cn2cnc3ccc(C=CCc4ccccc4)cc3c2=O)cc1. The van der Waals surface area contributed by atoms with Crippen LogP contribution in [0.3, 0.4) is 0 Å². The first kappa shape index (κ1) is 19.3. The second kappa shape index (κ2) is 8.57. The number of carboxylic acids is 1. The summed E-state index contributed by atoms with van der Waals surface area (Å²) >= 11 is 0. The summed E-state index contributed by atoms with van der Waals surface area (Å²) in [5.41, 5.74) is 3.75. The average Bonchev–Trinajstić information content (AvgIpc) is 2.77. The first-order valence-corrected chi connectivity index (χ1v) is 9.62. The van der Waals surface area contributed by atoms with Crippen molar-refractivity contribution in [3.63, 3.8) is 0 Å². The molecule has 5 heteroatoms. The smallest absolute Gasteiger partial charge is 0.335 e. The van der Waals surface area contributed by atoms with Crippen molar-refractivity contribution in [1.82, 2.24) is 9.55 Å². The second-order valence-corrected chi connectivity index (χ2v) is 7.05. The quantitative estimate of drug-likeness (QED) is 0.524. The molecule has 1 aromatic heterocycles. The number of aromatic carboxylic acids is 1. The number of rotatable bonds is 6. The third-order valence-electron chi connectivity index (χ3n) is 4.91. The average molecular weight is 396 g/mol. The molecule has 0 atom stereocenters. The van der Waals surface area contributed by atoms with Crippen molar-refractivity contribution in [2.75, 3.05) is 0 Å². The van der Waals surface area contributed by atoms with Crippen molar-refractivity contribution >= 4 is 22.9 Å². The highest BCUT2D eigenvalue weighted by Gasteiger charge is 2.07. The molecule has 4 rings (SSSR count). The lowest BCUT2D eigenvalue weighted by molar-refractivity contribution is 0.0697. The number of carbonyl (C=O) groups is 1. The summed E-state index contributed by atoms with van der Waals surface area (Å²) in [6.45, 7) is 0.329. The lowest BCUT2D eigenvalue weighted by Crippen LogP contribution is -2.21. The standard InChI is InChI=1S/C25H20N2O3/c28-24-22-15-19(8-4-7-18-5-2-1-3-6-18)11-14-23(22)26-17-27(24)16-20-9-12-21(13-10-20)25(29)30/h1-6,8-15,17H,7,16H2,(H,29,30). The van der Waals surface area contributed by atoms with Crippen LogP contribution in [0.1, 0.15) is 27.0 Å². The Hall–Kier alpha value is -3.99. The molecule has 1 heterocycles. The van der Waals surface area contributed by atoms with Gasteiger partial charge in [0.15, 0.2) is 0 Å². The fourth-order valence-corrected chi connectivity index (χ4v) is 3.29. The molecule has 0 aliphatic heterocycles. The first-order valence-electron chi connectivity index (χ1n) is 9.62. The molecular formula is C25H20N2O3. The number of allylic oxidation sites excluding steroid dienone is 1. The van der Waals surface area contributed by atoms with Crippen molar-refractivity contribution in [1.29, 1.82) is 0 Å². The van der Waals surface area contributed by atoms with Crippen LogP contribution in [0.5, 0.6) is 0 Å². The normalized spacial score (nSPS) is 11.2. The number of hydrogen-bond acceptors (Lipinski definition) is 3. The van der Waals surface area contributed by atoms with E-state index in [1.165, 1.54) is 28.6 Å². The molecule has 3 aromatic carbocycles. The van der Waals surface area contributed by atoms with Gasteiger partial charge in [0.25, 0.3) is 5.56 Å². The lowest BCUT2D eigenvalue weighted by Gasteiger charge is -2.08. The minimum atomic E-state index is -0.973. The van der Waals surface area contributed by atoms with E-state index in [0.717, 1.165) is 17.5 Å². The Kier molecular flexibility index (Phi) is 5.52. The zero-order valence-electron chi connectivity index (χ0n) is 16.2. The van der Waals surface area contributed by atoms with Gasteiger partial charge in [-0.05, 0) is 47.4 Å². The zero-order valence-corrected chi connectivity index (χ0v) is 16.2. The van der Waals surface area contributed by atoms with Crippen LogP contribution in [0.2, 0.25) is 0 Å². The molecule has 0 unspecified atom stereocenters. The molecule has 0 aliphatic carbocycles. The molecule has 4 aromatic rings. The molecule has 0 saturated heterocycles. The van der Waals surface area contributed by atoms with Crippen LogP contribution in [0.15, 0.2) is 90.0 Å². The van der Waals surface area contributed by atoms with Gasteiger partial charge in [0.1, 0.15) is 0 Å². The van der Waals surface area contributed by atoms with Crippen molar-refractivity contribution in [2.45, 2.75) is 13.0 Å². The maximum atomic E-state index is 13.0. The number of nitrogens with zero attached hydrogens (tertiary/aromatic N) is 2. The molecule has 0 aliphatic rings. The van der Waals surface area contributed by atoms with E-state index >= 15 is 0 Å². The largest absolute Gasteiger partial charge is 0.478 e. The van der Waals surface area contributed by atoms with Gasteiger partial charge in [-0.3, -0.25) is 9.36 Å². The molecule has 5 nitrogen and oxygen atoms in total. The number of hydrogen-bond donors (Lipinski definition) is 1. The van der Waals surface area contributed by atoms with E-state index in [1.54, 1.807) is 12.1 Å². The lowest BCUT2D eigenvalue weighted by atomic mass is 10.1. The summed E-state index contributed by atoms with van der Waals surface area (Å²) in [6, 6.07) is 22.3. The Balaban J connectivity index is 1.57. The molecule has 0 radical (unpaired) electrons. The van der Waals surface area contributed by atoms with E-state index < -0.39 is 5.97 Å². The number of fused-ring (bicyclic) bond motifs is 1. The van der Waals surface area contributed by atoms with E-state index in [4.69, 9.17) is 5.11 Å². The van der Waals surface area contributed by atoms with Gasteiger partial charge >= 0.3 is 5.97 Å². The van der Waals surface area contributed by atoms with Crippen LogP contribution in [0.4, 0.5) is 0 Å². The molecule has 1 N–H and O–H groups in total. The van der Waals surface area contributed by atoms with Gasteiger partial charge in [-0.25, -0.2) is 9.78 Å². The Morgan fingerprint density at radius 1 is 0.967 bits per heavy atom. The van der Waals surface area contributed by atoms with Gasteiger partial charge in [-0.15, -0.1) is 0 Å². The molecule has 148 valence electrons. The highest BCUT2D eigenvalue weighted by Crippen LogP contribution is 2.13. The highest BCUT2D eigenvalue weighted by molar-refractivity contribution is 5.87. The molecular weight excluding hydrogens is 376 g/mol. The minimum absolute atomic E-state index is 0.124. The topological polar surface area (TPSA) is 72.2 Å². The fourth-order valence-electron chi connectivity index (χ4n) is 3.29. The Morgan fingerprint density at radius 3 is 2.47 bits per heavy atom. The highest BCUT2D eigenvalue weighted by atomic mass is 16.4. The maximum Gasteiger partial charge on any atom is 0.335 e. The molecule has 0 spiro atoms. The van der Waals surface area contributed by atoms with E-state index in [-0.39, 0.29) is 11.1 Å². The molecule has 0 fully saturated rings. The van der Waals surface area contributed by atoms with Crippen LogP contribution in [0.25, 0.3) is 17.0 Å². The molecule has 0 saturated carbocycles. The van der Waals surface area contributed by atoms with Crippen LogP contribution in [-0.2, 0) is 13.0 Å². The third-order valence-corrected chi connectivity index (χ3v) is 4.91. The van der Waals surface area contributed by atoms with E-state index in [0.29, 0.717) is 17.4 Å². The van der Waals surface area contributed by atoms with Crippen LogP contribution >= 0.6 is 0 Å². The number of carboxylic acid groups (broad SMARTS) is 1. The number of aromatic nitrogens is 2. The van der Waals surface area contributed by atoms with Crippen molar-refractivity contribution in [3.05, 3.63) is 118 Å². The van der Waals surface area contributed by atoms with E-state index in [2.05, 4.69) is 23.2 Å². The van der Waals surface area contributed by atoms with Crippen LogP contribution in [-0.4, -0.2) is 20.6 Å². The summed E-state index contributed by atoms with van der Waals surface area (Å²) in [7, 11) is 0. The maximum absolute atomic E-state index is 13.0. The Bertz CT molecular complexity index is 1270. The predicted molar refractivity (Wildman–Crippen MR) is 118 cm³/mol. The van der Waals surface area contributed by atoms with Gasteiger partial charge in [-0.1, -0.05) is 60.7 Å². The van der Waals surface area contributed by atoms with Gasteiger partial charge in [-0.2, -0.15) is 0 Å². The third kappa shape index (κ3) is 4.36. The second-order valence-electron chi connectivity index (χ2n) is 7.05. The minimum Gasteiger partial charge on any atom is -0.478 e. The van der Waals surface area contributed by atoms with Crippen LogP contribution < -0.4 is 5.56 Å². The summed E-state index contributed by atoms with van der Waals surface area (Å²) < 4.78 is 1.54. The predicted octanol–water partition coefficient (Wildman–Crippen LogP) is 4.40. The zero-order chi connectivity index (χ0) is 20.9. The molecule has 30 heavy (non-hydrogen) atoms. The van der Waals surface area contributed by atoms with Crippen LogP contribution in [0, 0.1) is 0 Å². The van der Waals surface area contributed by atoms with Gasteiger partial charge in [0.2, 0.25) is 0 Å². The first-order chi connectivity index (χ1) is 14.6. The summed E-state index contributed by atoms with van der Waals surface area (Å²) in [5, 5.41) is 9.57. The van der Waals surface area contributed by atoms with E-state index in [1.807, 2.05) is 42.5 Å². The molecule has 0 bridgehead atoms.